The molecule has 0 aliphatic heterocycles. The summed E-state index contributed by atoms with van der Waals surface area (Å²) in [7, 11) is 0. The number of hydrogen-bond acceptors (Lipinski definition) is 7. The molecule has 0 saturated heterocycles. The van der Waals surface area contributed by atoms with Crippen molar-refractivity contribution >= 4 is 52.0 Å². The third kappa shape index (κ3) is 11.9. The first-order valence-corrected chi connectivity index (χ1v) is 22.0. The Balaban J connectivity index is 1.08. The lowest BCUT2D eigenvalue weighted by molar-refractivity contribution is -0.130. The monoisotopic (exact) mass is 839 g/mol. The highest BCUT2D eigenvalue weighted by Gasteiger charge is 2.31. The SMILES string of the molecule is CCN(CC)C1CCC(NC(=O)c2ccc(-c3ccc(CC(NC(=O)C4CCC(CNC(=O)OC(C)(C)C)CC4)C(=O)Nc4ccc5c(Cl)[nH]nc5c4)cc3)c(C)c2)CC1. The Morgan fingerprint density at radius 2 is 1.60 bits per heavy atom. The third-order valence-corrected chi connectivity index (χ3v) is 12.4. The standard InChI is InChI=1S/C47H62ClN7O5/c1-7-55(8-2)37-21-18-35(19-22-37)50-44(57)34-17-23-38(29(3)25-34)32-13-9-30(10-14-32)26-41(45(58)51-36-20-24-39-40(27-36)53-54-42(39)48)52-43(56)33-15-11-31(12-16-33)28-49-46(59)60-47(4,5)6/h9-10,13-14,17,20,23-25,27,31,33,35,37,41H,7-8,11-12,15-16,18-19,21-22,26,28H2,1-6H3,(H,49,59)(H,50,57)(H,51,58)(H,52,56)(H,53,54). The van der Waals surface area contributed by atoms with Gasteiger partial charge in [-0.3, -0.25) is 19.5 Å². The van der Waals surface area contributed by atoms with Crippen LogP contribution in [0.4, 0.5) is 10.5 Å². The predicted octanol–water partition coefficient (Wildman–Crippen LogP) is 8.57. The van der Waals surface area contributed by atoms with Gasteiger partial charge in [0.05, 0.1) is 5.52 Å². The summed E-state index contributed by atoms with van der Waals surface area (Å²) in [6.07, 6.45) is 6.91. The Labute approximate surface area is 359 Å². The Morgan fingerprint density at radius 1 is 0.900 bits per heavy atom. The lowest BCUT2D eigenvalue weighted by atomic mass is 9.81. The summed E-state index contributed by atoms with van der Waals surface area (Å²) < 4.78 is 5.37. The summed E-state index contributed by atoms with van der Waals surface area (Å²) in [5.41, 5.74) is 5.14. The van der Waals surface area contributed by atoms with Crippen molar-refractivity contribution in [2.75, 3.05) is 25.0 Å². The van der Waals surface area contributed by atoms with Gasteiger partial charge in [-0.25, -0.2) is 4.79 Å². The number of benzene rings is 3. The van der Waals surface area contributed by atoms with Gasteiger partial charge in [-0.2, -0.15) is 5.10 Å². The number of nitrogens with one attached hydrogen (secondary N) is 5. The quantitative estimate of drug-likeness (QED) is 0.0852. The Bertz CT molecular complexity index is 2110. The largest absolute Gasteiger partial charge is 0.444 e. The lowest BCUT2D eigenvalue weighted by Gasteiger charge is -2.36. The molecule has 4 aromatic rings. The van der Waals surface area contributed by atoms with E-state index in [2.05, 4.69) is 50.2 Å². The summed E-state index contributed by atoms with van der Waals surface area (Å²) in [6, 6.07) is 19.1. The zero-order valence-corrected chi connectivity index (χ0v) is 36.7. The highest BCUT2D eigenvalue weighted by Crippen LogP contribution is 2.30. The van der Waals surface area contributed by atoms with Gasteiger partial charge in [0.2, 0.25) is 11.8 Å². The summed E-state index contributed by atoms with van der Waals surface area (Å²) in [4.78, 5) is 55.6. The fourth-order valence-corrected chi connectivity index (χ4v) is 8.94. The third-order valence-electron chi connectivity index (χ3n) is 12.1. The molecule has 1 aromatic heterocycles. The average Bonchev–Trinajstić information content (AvgIpc) is 3.59. The summed E-state index contributed by atoms with van der Waals surface area (Å²) in [5, 5.41) is 20.3. The van der Waals surface area contributed by atoms with E-state index in [1.165, 1.54) is 0 Å². The molecule has 1 atom stereocenters. The van der Waals surface area contributed by atoms with Crippen LogP contribution in [0.15, 0.2) is 60.7 Å². The molecule has 60 heavy (non-hydrogen) atoms. The van der Waals surface area contributed by atoms with E-state index in [1.54, 1.807) is 18.2 Å². The van der Waals surface area contributed by atoms with Crippen molar-refractivity contribution in [1.29, 1.82) is 0 Å². The van der Waals surface area contributed by atoms with Crippen LogP contribution < -0.4 is 21.3 Å². The molecule has 2 aliphatic rings. The van der Waals surface area contributed by atoms with Gasteiger partial charge in [0, 0.05) is 47.6 Å². The molecule has 4 amide bonds. The molecule has 12 nitrogen and oxygen atoms in total. The van der Waals surface area contributed by atoms with Gasteiger partial charge < -0.3 is 30.9 Å². The van der Waals surface area contributed by atoms with Crippen LogP contribution in [0.5, 0.6) is 0 Å². The number of fused-ring (bicyclic) bond motifs is 1. The second-order valence-corrected chi connectivity index (χ2v) is 17.9. The number of rotatable bonds is 14. The van der Waals surface area contributed by atoms with Gasteiger partial charge >= 0.3 is 6.09 Å². The first kappa shape index (κ1) is 44.6. The lowest BCUT2D eigenvalue weighted by Crippen LogP contribution is -2.48. The topological polar surface area (TPSA) is 158 Å². The van der Waals surface area contributed by atoms with Crippen LogP contribution in [0, 0.1) is 18.8 Å². The number of aryl methyl sites for hydroxylation is 1. The highest BCUT2D eigenvalue weighted by molar-refractivity contribution is 6.34. The smallest absolute Gasteiger partial charge is 0.407 e. The molecule has 13 heteroatoms. The molecular formula is C47H62ClN7O5. The summed E-state index contributed by atoms with van der Waals surface area (Å²) in [5.74, 6) is -0.538. The van der Waals surface area contributed by atoms with Crippen LogP contribution in [-0.2, 0) is 20.7 Å². The zero-order valence-electron chi connectivity index (χ0n) is 36.0. The van der Waals surface area contributed by atoms with E-state index in [4.69, 9.17) is 16.3 Å². The van der Waals surface area contributed by atoms with Crippen molar-refractivity contribution in [3.8, 4) is 11.1 Å². The van der Waals surface area contributed by atoms with Crippen molar-refractivity contribution in [3.63, 3.8) is 0 Å². The zero-order chi connectivity index (χ0) is 43.0. The fourth-order valence-electron chi connectivity index (χ4n) is 8.73. The second kappa shape index (κ2) is 20.1. The van der Waals surface area contributed by atoms with Gasteiger partial charge in [0.15, 0.2) is 0 Å². The summed E-state index contributed by atoms with van der Waals surface area (Å²) in [6.45, 7) is 14.5. The minimum absolute atomic E-state index is 0.0333. The van der Waals surface area contributed by atoms with Crippen LogP contribution >= 0.6 is 11.6 Å². The molecule has 3 aromatic carbocycles. The minimum Gasteiger partial charge on any atom is -0.444 e. The number of H-pyrrole nitrogens is 1. The molecule has 2 saturated carbocycles. The number of aromatic nitrogens is 2. The van der Waals surface area contributed by atoms with Gasteiger partial charge in [0.1, 0.15) is 16.8 Å². The van der Waals surface area contributed by atoms with E-state index in [-0.39, 0.29) is 42.0 Å². The molecule has 0 spiro atoms. The predicted molar refractivity (Wildman–Crippen MR) is 238 cm³/mol. The maximum absolute atomic E-state index is 13.9. The number of nitrogens with zero attached hydrogens (tertiary/aromatic N) is 2. The number of amides is 4. The van der Waals surface area contributed by atoms with Gasteiger partial charge in [-0.05, 0) is 151 Å². The van der Waals surface area contributed by atoms with Crippen LogP contribution in [0.25, 0.3) is 22.0 Å². The van der Waals surface area contributed by atoms with E-state index in [0.29, 0.717) is 47.3 Å². The summed E-state index contributed by atoms with van der Waals surface area (Å²) >= 11 is 6.20. The number of ether oxygens (including phenoxy) is 1. The second-order valence-electron chi connectivity index (χ2n) is 17.6. The van der Waals surface area contributed by atoms with Gasteiger partial charge in [-0.1, -0.05) is 55.8 Å². The van der Waals surface area contributed by atoms with E-state index in [9.17, 15) is 19.2 Å². The van der Waals surface area contributed by atoms with Crippen LogP contribution in [0.2, 0.25) is 5.15 Å². The molecule has 6 rings (SSSR count). The van der Waals surface area contributed by atoms with E-state index in [1.807, 2.05) is 70.2 Å². The average molecular weight is 841 g/mol. The van der Waals surface area contributed by atoms with Crippen molar-refractivity contribution in [2.24, 2.45) is 11.8 Å². The number of hydrogen-bond donors (Lipinski definition) is 5. The molecule has 1 heterocycles. The number of anilines is 1. The molecule has 0 radical (unpaired) electrons. The number of halogens is 1. The van der Waals surface area contributed by atoms with Crippen molar-refractivity contribution in [2.45, 2.75) is 123 Å². The van der Waals surface area contributed by atoms with Crippen LogP contribution in [-0.4, -0.2) is 82.3 Å². The number of aromatic amines is 1. The molecular weight excluding hydrogens is 778 g/mol. The highest BCUT2D eigenvalue weighted by atomic mass is 35.5. The van der Waals surface area contributed by atoms with Crippen molar-refractivity contribution in [1.82, 2.24) is 31.0 Å². The Kier molecular flexibility index (Phi) is 14.9. The van der Waals surface area contributed by atoms with Crippen molar-refractivity contribution < 1.29 is 23.9 Å². The molecule has 2 aliphatic carbocycles. The first-order chi connectivity index (χ1) is 28.7. The Hall–Kier alpha value is -4.94. The fraction of sp³-hybridized carbons (Fsp3) is 0.511. The molecule has 1 unspecified atom stereocenters. The van der Waals surface area contributed by atoms with Gasteiger partial charge in [0.25, 0.3) is 5.91 Å². The van der Waals surface area contributed by atoms with Crippen LogP contribution in [0.3, 0.4) is 0 Å². The first-order valence-electron chi connectivity index (χ1n) is 21.7. The minimum atomic E-state index is -0.847. The van der Waals surface area contributed by atoms with Crippen molar-refractivity contribution in [3.05, 3.63) is 82.5 Å². The van der Waals surface area contributed by atoms with E-state index < -0.39 is 17.7 Å². The molecule has 2 fully saturated rings. The maximum Gasteiger partial charge on any atom is 0.407 e. The number of carbonyl (C=O) groups excluding carboxylic acids is 4. The van der Waals surface area contributed by atoms with E-state index >= 15 is 0 Å². The molecule has 0 bridgehead atoms. The van der Waals surface area contributed by atoms with E-state index in [0.717, 1.165) is 79.3 Å². The normalized spacial score (nSPS) is 20.0. The van der Waals surface area contributed by atoms with Gasteiger partial charge in [-0.15, -0.1) is 0 Å². The number of alkyl carbamates (subject to hydrolysis) is 1. The van der Waals surface area contributed by atoms with Crippen LogP contribution in [0.1, 0.15) is 107 Å². The molecule has 5 N–H and O–H groups in total. The molecule has 322 valence electrons. The Morgan fingerprint density at radius 3 is 2.25 bits per heavy atom. The maximum atomic E-state index is 13.9. The number of carbonyl (C=O) groups is 4.